The summed E-state index contributed by atoms with van der Waals surface area (Å²) in [6, 6.07) is 4.64. The molecule has 1 amide bonds. The van der Waals surface area contributed by atoms with Crippen LogP contribution in [0.15, 0.2) is 23.1 Å². The summed E-state index contributed by atoms with van der Waals surface area (Å²) < 4.78 is 32.6. The van der Waals surface area contributed by atoms with E-state index in [0.717, 1.165) is 19.3 Å². The molecule has 0 saturated heterocycles. The van der Waals surface area contributed by atoms with Crippen molar-refractivity contribution in [3.63, 3.8) is 0 Å². The number of benzene rings is 1. The fourth-order valence-electron chi connectivity index (χ4n) is 3.46. The Balaban J connectivity index is 2.31. The largest absolute Gasteiger partial charge is 0.492 e. The number of nitrogens with zero attached hydrogens (tertiary/aromatic N) is 1. The van der Waals surface area contributed by atoms with E-state index < -0.39 is 10.0 Å². The Kier molecular flexibility index (Phi) is 7.64. The van der Waals surface area contributed by atoms with Crippen molar-refractivity contribution in [2.45, 2.75) is 57.4 Å². The average Bonchev–Trinajstić information content (AvgIpc) is 2.64. The third kappa shape index (κ3) is 5.21. The van der Waals surface area contributed by atoms with Gasteiger partial charge in [-0.2, -0.15) is 4.31 Å². The van der Waals surface area contributed by atoms with Crippen LogP contribution in [0.1, 0.15) is 46.5 Å². The van der Waals surface area contributed by atoms with Gasteiger partial charge in [0.2, 0.25) is 15.9 Å². The van der Waals surface area contributed by atoms with Crippen LogP contribution in [0.3, 0.4) is 0 Å². The summed E-state index contributed by atoms with van der Waals surface area (Å²) in [5, 5.41) is 2.87. The minimum atomic E-state index is -3.62. The second-order valence-electron chi connectivity index (χ2n) is 6.79. The quantitative estimate of drug-likeness (QED) is 0.702. The molecule has 0 radical (unpaired) electrons. The van der Waals surface area contributed by atoms with Crippen LogP contribution in [0.4, 0.5) is 5.69 Å². The predicted octanol–water partition coefficient (Wildman–Crippen LogP) is 2.57. The smallest absolute Gasteiger partial charge is 0.243 e. The SMILES string of the molecule is CCOc1ccc(S(=O)(=O)N(CC)CC)cc1NC(=O)C1CCCC(N)C1. The lowest BCUT2D eigenvalue weighted by Crippen LogP contribution is -2.34. The van der Waals surface area contributed by atoms with Crippen LogP contribution in [-0.2, 0) is 14.8 Å². The van der Waals surface area contributed by atoms with E-state index in [1.165, 1.54) is 16.4 Å². The standard InChI is InChI=1S/C19H31N3O4S/c1-4-22(5-2)27(24,25)16-10-11-18(26-6-3)17(13-16)21-19(23)14-8-7-9-15(20)12-14/h10-11,13-15H,4-9,12,20H2,1-3H3,(H,21,23). The first-order valence-corrected chi connectivity index (χ1v) is 11.1. The van der Waals surface area contributed by atoms with Crippen molar-refractivity contribution in [3.8, 4) is 5.75 Å². The van der Waals surface area contributed by atoms with E-state index in [9.17, 15) is 13.2 Å². The van der Waals surface area contributed by atoms with Gasteiger partial charge >= 0.3 is 0 Å². The highest BCUT2D eigenvalue weighted by Gasteiger charge is 2.27. The second-order valence-corrected chi connectivity index (χ2v) is 8.73. The van der Waals surface area contributed by atoms with Crippen molar-refractivity contribution in [2.75, 3.05) is 25.0 Å². The number of sulfonamides is 1. The predicted molar refractivity (Wildman–Crippen MR) is 106 cm³/mol. The fourth-order valence-corrected chi connectivity index (χ4v) is 4.95. The second kappa shape index (κ2) is 9.52. The van der Waals surface area contributed by atoms with Gasteiger partial charge < -0.3 is 15.8 Å². The maximum Gasteiger partial charge on any atom is 0.243 e. The number of carbonyl (C=O) groups is 1. The third-order valence-corrected chi connectivity index (χ3v) is 6.98. The van der Waals surface area contributed by atoms with Gasteiger partial charge in [0.25, 0.3) is 0 Å². The lowest BCUT2D eigenvalue weighted by atomic mass is 9.85. The van der Waals surface area contributed by atoms with Crippen LogP contribution >= 0.6 is 0 Å². The number of carbonyl (C=O) groups excluding carboxylic acids is 1. The van der Waals surface area contributed by atoms with Crippen molar-refractivity contribution in [1.82, 2.24) is 4.31 Å². The first-order valence-electron chi connectivity index (χ1n) is 9.66. The topological polar surface area (TPSA) is 102 Å². The van der Waals surface area contributed by atoms with Gasteiger partial charge in [0.15, 0.2) is 0 Å². The van der Waals surface area contributed by atoms with Crippen LogP contribution in [0.25, 0.3) is 0 Å². The Hall–Kier alpha value is -1.64. The van der Waals surface area contributed by atoms with E-state index in [-0.39, 0.29) is 22.8 Å². The van der Waals surface area contributed by atoms with E-state index in [4.69, 9.17) is 10.5 Å². The lowest BCUT2D eigenvalue weighted by Gasteiger charge is -2.26. The van der Waals surface area contributed by atoms with Gasteiger partial charge in [-0.1, -0.05) is 20.3 Å². The molecule has 1 aliphatic carbocycles. The highest BCUT2D eigenvalue weighted by molar-refractivity contribution is 7.89. The average molecular weight is 398 g/mol. The lowest BCUT2D eigenvalue weighted by molar-refractivity contribution is -0.120. The zero-order valence-corrected chi connectivity index (χ0v) is 17.2. The third-order valence-electron chi connectivity index (χ3n) is 4.94. The van der Waals surface area contributed by atoms with Crippen molar-refractivity contribution >= 4 is 21.6 Å². The number of anilines is 1. The van der Waals surface area contributed by atoms with Crippen LogP contribution < -0.4 is 15.8 Å². The molecule has 0 spiro atoms. The number of amides is 1. The minimum absolute atomic E-state index is 0.0373. The van der Waals surface area contributed by atoms with Crippen LogP contribution in [-0.4, -0.2) is 44.4 Å². The number of ether oxygens (including phenoxy) is 1. The van der Waals surface area contributed by atoms with E-state index in [0.29, 0.717) is 37.6 Å². The highest BCUT2D eigenvalue weighted by Crippen LogP contribution is 2.31. The van der Waals surface area contributed by atoms with Crippen LogP contribution in [0, 0.1) is 5.92 Å². The minimum Gasteiger partial charge on any atom is -0.492 e. The molecule has 3 N–H and O–H groups in total. The molecule has 0 aromatic heterocycles. The highest BCUT2D eigenvalue weighted by atomic mass is 32.2. The molecule has 0 aliphatic heterocycles. The molecule has 7 nitrogen and oxygen atoms in total. The first-order chi connectivity index (χ1) is 12.8. The number of rotatable bonds is 8. The summed E-state index contributed by atoms with van der Waals surface area (Å²) in [6.07, 6.45) is 3.30. The molecular weight excluding hydrogens is 366 g/mol. The molecular formula is C19H31N3O4S. The number of nitrogens with two attached hydrogens (primary N) is 1. The molecule has 2 atom stereocenters. The summed E-state index contributed by atoms with van der Waals surface area (Å²) in [7, 11) is -3.62. The van der Waals surface area contributed by atoms with Crippen molar-refractivity contribution in [2.24, 2.45) is 11.7 Å². The zero-order valence-electron chi connectivity index (χ0n) is 16.4. The Bertz CT molecular complexity index is 747. The zero-order chi connectivity index (χ0) is 20.0. The van der Waals surface area contributed by atoms with Crippen molar-refractivity contribution in [3.05, 3.63) is 18.2 Å². The van der Waals surface area contributed by atoms with Gasteiger partial charge in [0.05, 0.1) is 17.2 Å². The fraction of sp³-hybridized carbons (Fsp3) is 0.632. The molecule has 152 valence electrons. The normalized spacial score (nSPS) is 20.5. The van der Waals surface area contributed by atoms with Gasteiger partial charge in [0.1, 0.15) is 5.75 Å². The molecule has 27 heavy (non-hydrogen) atoms. The van der Waals surface area contributed by atoms with Gasteiger partial charge in [-0.3, -0.25) is 4.79 Å². The van der Waals surface area contributed by atoms with Gasteiger partial charge in [-0.15, -0.1) is 0 Å². The molecule has 1 aromatic rings. The molecule has 1 saturated carbocycles. The molecule has 0 heterocycles. The molecule has 2 rings (SSSR count). The van der Waals surface area contributed by atoms with Crippen LogP contribution in [0.5, 0.6) is 5.75 Å². The summed E-state index contributed by atoms with van der Waals surface area (Å²) in [5.41, 5.74) is 6.37. The number of hydrogen-bond acceptors (Lipinski definition) is 5. The number of nitrogens with one attached hydrogen (secondary N) is 1. The van der Waals surface area contributed by atoms with Crippen molar-refractivity contribution in [1.29, 1.82) is 0 Å². The van der Waals surface area contributed by atoms with E-state index in [2.05, 4.69) is 5.32 Å². The Morgan fingerprint density at radius 1 is 1.26 bits per heavy atom. The monoisotopic (exact) mass is 397 g/mol. The first kappa shape index (κ1) is 21.7. The molecule has 1 aliphatic rings. The Morgan fingerprint density at radius 2 is 1.96 bits per heavy atom. The maximum absolute atomic E-state index is 12.8. The molecule has 8 heteroatoms. The van der Waals surface area contributed by atoms with Gasteiger partial charge in [0, 0.05) is 25.0 Å². The summed E-state index contributed by atoms with van der Waals surface area (Å²) in [5.74, 6) is 0.166. The number of hydrogen-bond donors (Lipinski definition) is 2. The van der Waals surface area contributed by atoms with Gasteiger partial charge in [-0.05, 0) is 44.4 Å². The van der Waals surface area contributed by atoms with E-state index >= 15 is 0 Å². The van der Waals surface area contributed by atoms with E-state index in [1.807, 2.05) is 6.92 Å². The summed E-state index contributed by atoms with van der Waals surface area (Å²) >= 11 is 0. The molecule has 2 unspecified atom stereocenters. The maximum atomic E-state index is 12.8. The summed E-state index contributed by atoms with van der Waals surface area (Å²) in [4.78, 5) is 12.8. The molecule has 0 bridgehead atoms. The van der Waals surface area contributed by atoms with Crippen molar-refractivity contribution < 1.29 is 17.9 Å². The Labute approximate surface area is 162 Å². The summed E-state index contributed by atoms with van der Waals surface area (Å²) in [6.45, 7) is 6.61. The van der Waals surface area contributed by atoms with Gasteiger partial charge in [-0.25, -0.2) is 8.42 Å². The van der Waals surface area contributed by atoms with Crippen LogP contribution in [0.2, 0.25) is 0 Å². The van der Waals surface area contributed by atoms with E-state index in [1.54, 1.807) is 19.9 Å². The Morgan fingerprint density at radius 3 is 2.56 bits per heavy atom. The molecule has 1 aromatic carbocycles. The molecule has 1 fully saturated rings.